The Kier molecular flexibility index (Phi) is 22.6. The Morgan fingerprint density at radius 3 is 0.888 bits per heavy atom. The van der Waals surface area contributed by atoms with Gasteiger partial charge in [0, 0.05) is 65.3 Å². The summed E-state index contributed by atoms with van der Waals surface area (Å²) in [7, 11) is 0. The summed E-state index contributed by atoms with van der Waals surface area (Å²) >= 11 is 0. The lowest BCUT2D eigenvalue weighted by Crippen LogP contribution is -2.25. The van der Waals surface area contributed by atoms with E-state index in [1.54, 1.807) is 60.7 Å². The molecule has 0 aliphatic carbocycles. The molecule has 1 saturated heterocycles. The fraction of sp³-hybridized carbons (Fsp3) is 0.200. The molecule has 1 heterocycles. The molecular formula is C75H57F19O4. The number of ether oxygens (including phenoxy) is 4. The molecule has 0 saturated carbocycles. The fourth-order valence-electron chi connectivity index (χ4n) is 10.1. The standard InChI is InChI=1S/C27H17F7O.C26H22F6O2.C21H14F6O.CH4/c1-14-3-5-16(6-4-14)17-7-8-20(23(30)9-17)18-10-24(31)26(25(32)11-18)27(33,34)35-19-12-21(28)15(2)22(29)13-19;1-14-3-8-24(33-13-14)17-6-4-16(5-7-17)18-9-22(29)25(23(30)10-18)26(31,32)34-19-11-20(27)15(2)21(28)12-19;1-11-3-5-13(6-4-11)14-7-18(24)20(19(25)8-14)21(26,27)28-15-9-16(22)12(2)17(23)10-15;/h3-13H,1-2H3;4-7,9-12,14,24H,3,8,13H2,1-2H3;3-10H,1-2H3;1H4. The van der Waals surface area contributed by atoms with Crippen molar-refractivity contribution in [2.75, 3.05) is 6.61 Å². The first-order valence-electron chi connectivity index (χ1n) is 29.3. The van der Waals surface area contributed by atoms with Gasteiger partial charge in [0.05, 0.1) is 6.10 Å². The van der Waals surface area contributed by atoms with Crippen LogP contribution in [0.15, 0.2) is 164 Å². The van der Waals surface area contributed by atoms with Crippen LogP contribution in [-0.2, 0) is 23.1 Å². The SMILES string of the molecule is C.Cc1c(F)cc(OC(F)(F)c2c(F)cc(-c3ccc(C4CCC(C)CO4)cc3)cc2F)cc1F.Cc1ccc(-c2cc(F)c(C(F)(F)Oc3cc(F)c(C)c(F)c3)c(F)c2)cc1.Cc1ccc(-c2ccc(-c3cc(F)c(C(F)(F)Oc4cc(F)c(C)c(F)c4)c(F)c3)c(F)c2)cc1. The molecule has 0 aromatic heterocycles. The minimum absolute atomic E-state index is 0. The maximum absolute atomic E-state index is 14.8. The van der Waals surface area contributed by atoms with E-state index >= 15 is 0 Å². The van der Waals surface area contributed by atoms with Gasteiger partial charge in [0.25, 0.3) is 0 Å². The topological polar surface area (TPSA) is 36.9 Å². The summed E-state index contributed by atoms with van der Waals surface area (Å²) in [6.07, 6.45) is -11.8. The number of rotatable bonds is 14. The maximum atomic E-state index is 14.8. The zero-order valence-corrected chi connectivity index (χ0v) is 51.7. The quantitative estimate of drug-likeness (QED) is 0.102. The van der Waals surface area contributed by atoms with Gasteiger partial charge in [-0.2, -0.15) is 26.3 Å². The number of alkyl halides is 6. The van der Waals surface area contributed by atoms with E-state index < -0.39 is 145 Å². The van der Waals surface area contributed by atoms with Crippen LogP contribution < -0.4 is 14.2 Å². The van der Waals surface area contributed by atoms with Gasteiger partial charge in [-0.1, -0.05) is 110 Å². The average molecular weight is 1380 g/mol. The van der Waals surface area contributed by atoms with Gasteiger partial charge < -0.3 is 18.9 Å². The van der Waals surface area contributed by atoms with Crippen LogP contribution in [0.2, 0.25) is 0 Å². The first kappa shape index (κ1) is 74.0. The second-order valence-corrected chi connectivity index (χ2v) is 22.9. The molecule has 11 rings (SSSR count). The molecule has 0 spiro atoms. The van der Waals surface area contributed by atoms with E-state index in [0.717, 1.165) is 80.1 Å². The van der Waals surface area contributed by atoms with Gasteiger partial charge >= 0.3 is 18.3 Å². The molecule has 514 valence electrons. The molecule has 98 heavy (non-hydrogen) atoms. The Bertz CT molecular complexity index is 4390. The molecule has 0 bridgehead atoms. The second kappa shape index (κ2) is 29.9. The predicted molar refractivity (Wildman–Crippen MR) is 331 cm³/mol. The zero-order chi connectivity index (χ0) is 70.7. The Hall–Kier alpha value is -9.77. The molecule has 10 aromatic carbocycles. The van der Waals surface area contributed by atoms with E-state index in [1.807, 2.05) is 26.0 Å². The molecule has 23 heteroatoms. The fourth-order valence-corrected chi connectivity index (χ4v) is 10.1. The summed E-state index contributed by atoms with van der Waals surface area (Å²) < 4.78 is 290. The van der Waals surface area contributed by atoms with E-state index in [2.05, 4.69) is 21.1 Å². The molecule has 2 unspecified atom stereocenters. The van der Waals surface area contributed by atoms with Crippen LogP contribution in [0.1, 0.15) is 83.4 Å². The van der Waals surface area contributed by atoms with Crippen molar-refractivity contribution in [2.24, 2.45) is 5.92 Å². The van der Waals surface area contributed by atoms with Gasteiger partial charge in [0.2, 0.25) is 0 Å². The summed E-state index contributed by atoms with van der Waals surface area (Å²) in [6, 6.07) is 31.8. The molecule has 0 amide bonds. The number of hydrogen-bond donors (Lipinski definition) is 0. The van der Waals surface area contributed by atoms with Gasteiger partial charge in [-0.15, -0.1) is 0 Å². The highest BCUT2D eigenvalue weighted by Gasteiger charge is 2.44. The summed E-state index contributed by atoms with van der Waals surface area (Å²) in [6.45, 7) is 9.78. The van der Waals surface area contributed by atoms with Crippen molar-refractivity contribution in [1.82, 2.24) is 0 Å². The van der Waals surface area contributed by atoms with Gasteiger partial charge in [-0.3, -0.25) is 0 Å². The number of halogens is 19. The highest BCUT2D eigenvalue weighted by Crippen LogP contribution is 2.43. The van der Waals surface area contributed by atoms with E-state index in [9.17, 15) is 83.4 Å². The lowest BCUT2D eigenvalue weighted by atomic mass is 9.94. The zero-order valence-electron chi connectivity index (χ0n) is 51.7. The number of hydrogen-bond acceptors (Lipinski definition) is 4. The number of aryl methyl sites for hydroxylation is 2. The summed E-state index contributed by atoms with van der Waals surface area (Å²) in [5, 5.41) is 0. The second-order valence-electron chi connectivity index (χ2n) is 22.9. The smallest absolute Gasteiger partial charge is 0.429 e. The molecule has 0 radical (unpaired) electrons. The van der Waals surface area contributed by atoms with Crippen LogP contribution >= 0.6 is 0 Å². The van der Waals surface area contributed by atoms with Crippen molar-refractivity contribution in [2.45, 2.75) is 86.2 Å². The van der Waals surface area contributed by atoms with E-state index in [4.69, 9.17) is 4.74 Å². The summed E-state index contributed by atoms with van der Waals surface area (Å²) in [5.74, 6) is -19.6. The average Bonchev–Trinajstić information content (AvgIpc) is 0.847. The number of benzene rings is 10. The van der Waals surface area contributed by atoms with Gasteiger partial charge in [-0.05, 0) is 140 Å². The predicted octanol–water partition coefficient (Wildman–Crippen LogP) is 23.6. The third kappa shape index (κ3) is 17.0. The summed E-state index contributed by atoms with van der Waals surface area (Å²) in [4.78, 5) is 0. The van der Waals surface area contributed by atoms with Crippen LogP contribution in [0.4, 0.5) is 83.4 Å². The highest BCUT2D eigenvalue weighted by atomic mass is 19.3. The van der Waals surface area contributed by atoms with Crippen LogP contribution in [-0.4, -0.2) is 6.61 Å². The van der Waals surface area contributed by atoms with Crippen molar-refractivity contribution < 1.29 is 102 Å². The molecule has 10 aromatic rings. The monoisotopic (exact) mass is 1380 g/mol. The van der Waals surface area contributed by atoms with E-state index in [-0.39, 0.29) is 35.8 Å². The summed E-state index contributed by atoms with van der Waals surface area (Å²) in [5.41, 5.74) is -1.79. The van der Waals surface area contributed by atoms with E-state index in [1.165, 1.54) is 18.2 Å². The lowest BCUT2D eigenvalue weighted by Gasteiger charge is -2.27. The molecule has 1 aliphatic rings. The first-order valence-corrected chi connectivity index (χ1v) is 29.3. The minimum atomic E-state index is -4.62. The minimum Gasteiger partial charge on any atom is -0.429 e. The van der Waals surface area contributed by atoms with Crippen molar-refractivity contribution in [3.8, 4) is 61.8 Å². The normalized spacial score (nSPS) is 13.9. The highest BCUT2D eigenvalue weighted by molar-refractivity contribution is 5.72. The van der Waals surface area contributed by atoms with E-state index in [0.29, 0.717) is 77.7 Å². The largest absolute Gasteiger partial charge is 0.432 e. The molecule has 0 N–H and O–H groups in total. The Morgan fingerprint density at radius 2 is 0.592 bits per heavy atom. The molecule has 4 nitrogen and oxygen atoms in total. The van der Waals surface area contributed by atoms with Crippen molar-refractivity contribution in [3.63, 3.8) is 0 Å². The molecular weight excluding hydrogens is 1330 g/mol. The Morgan fingerprint density at radius 1 is 0.316 bits per heavy atom. The lowest BCUT2D eigenvalue weighted by molar-refractivity contribution is -0.190. The van der Waals surface area contributed by atoms with Crippen LogP contribution in [0.25, 0.3) is 44.5 Å². The molecule has 1 fully saturated rings. The van der Waals surface area contributed by atoms with Crippen LogP contribution in [0.5, 0.6) is 17.2 Å². The third-order valence-electron chi connectivity index (χ3n) is 15.7. The third-order valence-corrected chi connectivity index (χ3v) is 15.7. The Balaban J connectivity index is 0.000000188. The van der Waals surface area contributed by atoms with Gasteiger partial charge in [0.1, 0.15) is 110 Å². The van der Waals surface area contributed by atoms with Crippen LogP contribution in [0, 0.1) is 116 Å². The molecule has 1 aliphatic heterocycles. The Labute approximate surface area is 550 Å². The van der Waals surface area contributed by atoms with Gasteiger partial charge in [-0.25, -0.2) is 57.1 Å². The van der Waals surface area contributed by atoms with Crippen molar-refractivity contribution in [3.05, 3.63) is 289 Å². The van der Waals surface area contributed by atoms with Crippen molar-refractivity contribution >= 4 is 0 Å². The van der Waals surface area contributed by atoms with Crippen LogP contribution in [0.3, 0.4) is 0 Å². The maximum Gasteiger partial charge on any atom is 0.432 e. The molecule has 2 atom stereocenters. The van der Waals surface area contributed by atoms with Gasteiger partial charge in [0.15, 0.2) is 0 Å². The van der Waals surface area contributed by atoms with Crippen molar-refractivity contribution in [1.29, 1.82) is 0 Å². The first-order chi connectivity index (χ1) is 45.6.